The highest BCUT2D eigenvalue weighted by Gasteiger charge is 2.26. The molecular formula is C22H34N4O3S2. The van der Waals surface area contributed by atoms with Crippen molar-refractivity contribution in [1.82, 2.24) is 18.8 Å². The minimum Gasteiger partial charge on any atom is -0.339 e. The normalized spacial score (nSPS) is 17.6. The van der Waals surface area contributed by atoms with Crippen LogP contribution in [0.5, 0.6) is 0 Å². The number of aryl methyl sites for hydroxylation is 1. The van der Waals surface area contributed by atoms with E-state index in [9.17, 15) is 13.2 Å². The molecule has 1 aromatic heterocycles. The molecule has 2 heterocycles. The lowest BCUT2D eigenvalue weighted by Gasteiger charge is -2.35. The molecule has 1 saturated heterocycles. The van der Waals surface area contributed by atoms with Crippen molar-refractivity contribution >= 4 is 38.7 Å². The Morgan fingerprint density at radius 1 is 1.26 bits per heavy atom. The number of sulfonamides is 1. The molecule has 1 amide bonds. The molecule has 0 N–H and O–H groups in total. The molecule has 1 aromatic carbocycles. The highest BCUT2D eigenvalue weighted by Crippen LogP contribution is 2.28. The third-order valence-corrected chi connectivity index (χ3v) is 8.71. The van der Waals surface area contributed by atoms with Gasteiger partial charge in [-0.1, -0.05) is 32.0 Å². The van der Waals surface area contributed by atoms with Crippen molar-refractivity contribution in [3.05, 3.63) is 18.2 Å². The number of aromatic nitrogens is 2. The second-order valence-electron chi connectivity index (χ2n) is 8.27. The first-order chi connectivity index (χ1) is 14.8. The number of likely N-dealkylation sites (tertiary alicyclic amines) is 1. The van der Waals surface area contributed by atoms with Crippen LogP contribution in [0.4, 0.5) is 0 Å². The first-order valence-electron chi connectivity index (χ1n) is 11.1. The molecule has 1 aliphatic heterocycles. The average molecular weight is 467 g/mol. The van der Waals surface area contributed by atoms with Crippen molar-refractivity contribution in [2.75, 3.05) is 26.4 Å². The molecule has 172 valence electrons. The van der Waals surface area contributed by atoms with Crippen LogP contribution in [0.25, 0.3) is 11.0 Å². The van der Waals surface area contributed by atoms with Gasteiger partial charge in [0.15, 0.2) is 5.16 Å². The first-order valence-corrected chi connectivity index (χ1v) is 13.6. The summed E-state index contributed by atoms with van der Waals surface area (Å²) in [5.74, 6) is 0.524. The Morgan fingerprint density at radius 2 is 2.03 bits per heavy atom. The fourth-order valence-corrected chi connectivity index (χ4v) is 5.91. The summed E-state index contributed by atoms with van der Waals surface area (Å²) in [6.45, 7) is 5.92. The lowest BCUT2D eigenvalue weighted by Crippen LogP contribution is -2.44. The molecule has 9 heteroatoms. The summed E-state index contributed by atoms with van der Waals surface area (Å²) >= 11 is 1.46. The molecule has 1 fully saturated rings. The van der Waals surface area contributed by atoms with E-state index in [1.165, 1.54) is 36.6 Å². The number of carbonyl (C=O) groups is 1. The Bertz CT molecular complexity index is 1020. The van der Waals surface area contributed by atoms with Crippen molar-refractivity contribution < 1.29 is 13.2 Å². The van der Waals surface area contributed by atoms with Gasteiger partial charge in [-0.25, -0.2) is 17.7 Å². The van der Waals surface area contributed by atoms with E-state index in [4.69, 9.17) is 4.98 Å². The topological polar surface area (TPSA) is 75.5 Å². The highest BCUT2D eigenvalue weighted by atomic mass is 32.2. The third kappa shape index (κ3) is 5.26. The zero-order valence-electron chi connectivity index (χ0n) is 19.0. The Labute approximate surface area is 190 Å². The smallest absolute Gasteiger partial charge is 0.242 e. The maximum atomic E-state index is 12.9. The van der Waals surface area contributed by atoms with Crippen LogP contribution in [-0.4, -0.2) is 65.5 Å². The fraction of sp³-hybridized carbons (Fsp3) is 0.636. The quantitative estimate of drug-likeness (QED) is 0.523. The largest absolute Gasteiger partial charge is 0.339 e. The predicted octanol–water partition coefficient (Wildman–Crippen LogP) is 3.97. The van der Waals surface area contributed by atoms with Gasteiger partial charge in [0.2, 0.25) is 15.9 Å². The van der Waals surface area contributed by atoms with Gasteiger partial charge in [0.1, 0.15) is 0 Å². The number of amides is 1. The molecule has 2 aromatic rings. The van der Waals surface area contributed by atoms with E-state index in [1.54, 1.807) is 12.1 Å². The van der Waals surface area contributed by atoms with Crippen LogP contribution in [-0.2, 0) is 21.4 Å². The molecule has 1 atom stereocenters. The lowest BCUT2D eigenvalue weighted by molar-refractivity contribution is -0.132. The lowest BCUT2D eigenvalue weighted by atomic mass is 10.0. The first kappa shape index (κ1) is 24.1. The van der Waals surface area contributed by atoms with E-state index in [2.05, 4.69) is 18.4 Å². The van der Waals surface area contributed by atoms with Crippen molar-refractivity contribution in [2.24, 2.45) is 0 Å². The van der Waals surface area contributed by atoms with Gasteiger partial charge in [-0.3, -0.25) is 4.79 Å². The van der Waals surface area contributed by atoms with Crippen molar-refractivity contribution in [3.8, 4) is 0 Å². The van der Waals surface area contributed by atoms with E-state index in [0.717, 1.165) is 55.9 Å². The van der Waals surface area contributed by atoms with Gasteiger partial charge in [0.05, 0.1) is 21.7 Å². The molecule has 0 aliphatic carbocycles. The number of nitrogens with zero attached hydrogens (tertiary/aromatic N) is 4. The fourth-order valence-electron chi connectivity index (χ4n) is 4.06. The van der Waals surface area contributed by atoms with Gasteiger partial charge in [0.25, 0.3) is 0 Å². The molecule has 0 saturated carbocycles. The van der Waals surface area contributed by atoms with E-state index in [0.29, 0.717) is 17.3 Å². The van der Waals surface area contributed by atoms with Crippen molar-refractivity contribution in [1.29, 1.82) is 0 Å². The molecular weight excluding hydrogens is 432 g/mol. The van der Waals surface area contributed by atoms with Crippen molar-refractivity contribution in [3.63, 3.8) is 0 Å². The van der Waals surface area contributed by atoms with Crippen molar-refractivity contribution in [2.45, 2.75) is 75.0 Å². The molecule has 0 spiro atoms. The molecule has 1 unspecified atom stereocenters. The summed E-state index contributed by atoms with van der Waals surface area (Å²) in [7, 11) is -0.473. The molecule has 0 bridgehead atoms. The number of fused-ring (bicyclic) bond motifs is 1. The summed E-state index contributed by atoms with van der Waals surface area (Å²) in [4.78, 5) is 19.9. The van der Waals surface area contributed by atoms with Crippen LogP contribution in [0.3, 0.4) is 0 Å². The van der Waals surface area contributed by atoms with E-state index in [-0.39, 0.29) is 10.8 Å². The number of carbonyl (C=O) groups excluding carboxylic acids is 1. The van der Waals surface area contributed by atoms with E-state index >= 15 is 0 Å². The number of hydrogen-bond acceptors (Lipinski definition) is 5. The molecule has 0 radical (unpaired) electrons. The SMILES string of the molecule is CCCCn1c(SCC(=O)N2CCCCC2CC)nc2cc(S(=O)(=O)N(C)C)ccc21. The van der Waals surface area contributed by atoms with Gasteiger partial charge < -0.3 is 9.47 Å². The summed E-state index contributed by atoms with van der Waals surface area (Å²) in [5.41, 5.74) is 1.56. The zero-order valence-corrected chi connectivity index (χ0v) is 20.6. The van der Waals surface area contributed by atoms with Crippen LogP contribution >= 0.6 is 11.8 Å². The van der Waals surface area contributed by atoms with Gasteiger partial charge in [-0.15, -0.1) is 0 Å². The minimum absolute atomic E-state index is 0.168. The number of thioether (sulfide) groups is 1. The third-order valence-electron chi connectivity index (χ3n) is 5.94. The number of unbranched alkanes of at least 4 members (excludes halogenated alkanes) is 1. The second-order valence-corrected chi connectivity index (χ2v) is 11.4. The number of rotatable bonds is 9. The number of piperidine rings is 1. The maximum absolute atomic E-state index is 12.9. The number of imidazole rings is 1. The summed E-state index contributed by atoms with van der Waals surface area (Å²) in [6, 6.07) is 5.45. The van der Waals surface area contributed by atoms with Crippen LogP contribution < -0.4 is 0 Å². The monoisotopic (exact) mass is 466 g/mol. The summed E-state index contributed by atoms with van der Waals surface area (Å²) in [5, 5.41) is 0.779. The summed E-state index contributed by atoms with van der Waals surface area (Å²) < 4.78 is 28.4. The highest BCUT2D eigenvalue weighted by molar-refractivity contribution is 7.99. The summed E-state index contributed by atoms with van der Waals surface area (Å²) in [6.07, 6.45) is 6.39. The Balaban J connectivity index is 1.86. The van der Waals surface area contributed by atoms with Gasteiger partial charge in [-0.05, 0) is 50.3 Å². The van der Waals surface area contributed by atoms with Gasteiger partial charge in [-0.2, -0.15) is 0 Å². The minimum atomic E-state index is -3.52. The Hall–Kier alpha value is -1.58. The van der Waals surface area contributed by atoms with Gasteiger partial charge in [0, 0.05) is 33.2 Å². The second kappa shape index (κ2) is 10.4. The average Bonchev–Trinajstić information content (AvgIpc) is 3.12. The van der Waals surface area contributed by atoms with E-state index < -0.39 is 10.0 Å². The van der Waals surface area contributed by atoms with E-state index in [1.807, 2.05) is 11.0 Å². The van der Waals surface area contributed by atoms with Crippen LogP contribution in [0.1, 0.15) is 52.4 Å². The maximum Gasteiger partial charge on any atom is 0.242 e. The van der Waals surface area contributed by atoms with Crippen LogP contribution in [0, 0.1) is 0 Å². The zero-order chi connectivity index (χ0) is 22.6. The Morgan fingerprint density at radius 3 is 2.71 bits per heavy atom. The standard InChI is InChI=1S/C22H34N4O3S2/c1-5-7-13-26-20-12-11-18(31(28,29)24(3)4)15-19(20)23-22(26)30-16-21(27)25-14-9-8-10-17(25)6-2/h11-12,15,17H,5-10,13-14,16H2,1-4H3. The molecule has 31 heavy (non-hydrogen) atoms. The van der Waals surface area contributed by atoms with Gasteiger partial charge >= 0.3 is 0 Å². The number of hydrogen-bond donors (Lipinski definition) is 0. The van der Waals surface area contributed by atoms with Crippen LogP contribution in [0.2, 0.25) is 0 Å². The predicted molar refractivity (Wildman–Crippen MR) is 126 cm³/mol. The number of benzene rings is 1. The Kier molecular flexibility index (Phi) is 8.04. The van der Waals surface area contributed by atoms with Crippen LogP contribution in [0.15, 0.2) is 28.3 Å². The molecule has 7 nitrogen and oxygen atoms in total. The molecule has 3 rings (SSSR count). The molecule has 1 aliphatic rings.